The van der Waals surface area contributed by atoms with Gasteiger partial charge in [-0.1, -0.05) is 0 Å². The van der Waals surface area contributed by atoms with Crippen molar-refractivity contribution in [3.05, 3.63) is 0 Å². The van der Waals surface area contributed by atoms with E-state index in [-0.39, 0.29) is 12.1 Å². The number of Topliss-reactive ketones (excluding diaryl/α,β-unsaturated/α-hetero) is 1. The summed E-state index contributed by atoms with van der Waals surface area (Å²) in [6, 6.07) is 0.00130. The summed E-state index contributed by atoms with van der Waals surface area (Å²) < 4.78 is 0. The molecule has 0 saturated heterocycles. The standard InChI is InChI=1S/C7H11NO3/c1-4(9)7(11)8-5-2-6(10)3-5/h5-6,10H,2-3H2,1H3,(H,8,11)/t5-,6+. The van der Waals surface area contributed by atoms with E-state index in [0.29, 0.717) is 12.8 Å². The molecule has 0 unspecified atom stereocenters. The van der Waals surface area contributed by atoms with Gasteiger partial charge in [-0.3, -0.25) is 9.59 Å². The number of aliphatic hydroxyl groups excluding tert-OH is 1. The summed E-state index contributed by atoms with van der Waals surface area (Å²) >= 11 is 0. The third-order valence-electron chi connectivity index (χ3n) is 1.77. The molecule has 1 rings (SSSR count). The first-order chi connectivity index (χ1) is 5.09. The van der Waals surface area contributed by atoms with E-state index in [1.54, 1.807) is 0 Å². The van der Waals surface area contributed by atoms with Gasteiger partial charge in [0.25, 0.3) is 5.91 Å². The smallest absolute Gasteiger partial charge is 0.287 e. The molecule has 62 valence electrons. The third-order valence-corrected chi connectivity index (χ3v) is 1.77. The van der Waals surface area contributed by atoms with E-state index in [1.807, 2.05) is 0 Å². The predicted octanol–water partition coefficient (Wildman–Crippen LogP) is -0.785. The van der Waals surface area contributed by atoms with Gasteiger partial charge in [-0.15, -0.1) is 0 Å². The lowest BCUT2D eigenvalue weighted by molar-refractivity contribution is -0.138. The van der Waals surface area contributed by atoms with E-state index in [1.165, 1.54) is 6.92 Å². The second-order valence-electron chi connectivity index (χ2n) is 2.85. The fourth-order valence-electron chi connectivity index (χ4n) is 0.993. The van der Waals surface area contributed by atoms with Crippen molar-refractivity contribution < 1.29 is 14.7 Å². The molecule has 0 heterocycles. The number of nitrogens with one attached hydrogen (secondary N) is 1. The highest BCUT2D eigenvalue weighted by Crippen LogP contribution is 2.18. The molecule has 0 aliphatic heterocycles. The quantitative estimate of drug-likeness (QED) is 0.516. The summed E-state index contributed by atoms with van der Waals surface area (Å²) in [4.78, 5) is 21.1. The van der Waals surface area contributed by atoms with Crippen molar-refractivity contribution in [1.29, 1.82) is 0 Å². The molecule has 1 fully saturated rings. The van der Waals surface area contributed by atoms with Gasteiger partial charge in [0.2, 0.25) is 5.78 Å². The van der Waals surface area contributed by atoms with Crippen LogP contribution in [0.1, 0.15) is 19.8 Å². The van der Waals surface area contributed by atoms with Crippen LogP contribution in [0.5, 0.6) is 0 Å². The van der Waals surface area contributed by atoms with Crippen molar-refractivity contribution in [1.82, 2.24) is 5.32 Å². The Bertz CT molecular complexity index is 184. The van der Waals surface area contributed by atoms with Gasteiger partial charge in [0.15, 0.2) is 0 Å². The summed E-state index contributed by atoms with van der Waals surface area (Å²) in [5.74, 6) is -1.03. The normalized spacial score (nSPS) is 28.9. The van der Waals surface area contributed by atoms with Crippen molar-refractivity contribution in [2.75, 3.05) is 0 Å². The van der Waals surface area contributed by atoms with Crippen LogP contribution in [-0.4, -0.2) is 28.9 Å². The minimum absolute atomic E-state index is 0.00130. The molecule has 2 N–H and O–H groups in total. The number of hydrogen-bond donors (Lipinski definition) is 2. The molecule has 11 heavy (non-hydrogen) atoms. The van der Waals surface area contributed by atoms with Gasteiger partial charge in [-0.05, 0) is 12.8 Å². The zero-order chi connectivity index (χ0) is 8.43. The van der Waals surface area contributed by atoms with E-state index in [9.17, 15) is 9.59 Å². The van der Waals surface area contributed by atoms with Gasteiger partial charge in [-0.25, -0.2) is 0 Å². The molecule has 0 spiro atoms. The van der Waals surface area contributed by atoms with Gasteiger partial charge >= 0.3 is 0 Å². The minimum Gasteiger partial charge on any atom is -0.393 e. The Morgan fingerprint density at radius 1 is 1.45 bits per heavy atom. The van der Waals surface area contributed by atoms with Crippen molar-refractivity contribution in [3.63, 3.8) is 0 Å². The van der Waals surface area contributed by atoms with Crippen molar-refractivity contribution in [2.24, 2.45) is 0 Å². The average Bonchev–Trinajstić information content (AvgIpc) is 1.84. The van der Waals surface area contributed by atoms with Gasteiger partial charge in [0.05, 0.1) is 6.10 Å². The first-order valence-corrected chi connectivity index (χ1v) is 3.59. The predicted molar refractivity (Wildman–Crippen MR) is 37.9 cm³/mol. The Kier molecular flexibility index (Phi) is 2.24. The molecule has 1 saturated carbocycles. The fourth-order valence-corrected chi connectivity index (χ4v) is 0.993. The molecule has 4 heteroatoms. The lowest BCUT2D eigenvalue weighted by Crippen LogP contribution is -2.48. The molecular formula is C7H11NO3. The van der Waals surface area contributed by atoms with E-state index in [0.717, 1.165) is 0 Å². The van der Waals surface area contributed by atoms with Crippen molar-refractivity contribution in [2.45, 2.75) is 31.9 Å². The summed E-state index contributed by atoms with van der Waals surface area (Å²) in [5.41, 5.74) is 0. The van der Waals surface area contributed by atoms with Crippen LogP contribution in [0.15, 0.2) is 0 Å². The Morgan fingerprint density at radius 3 is 2.36 bits per heavy atom. The Balaban J connectivity index is 2.22. The molecule has 0 radical (unpaired) electrons. The van der Waals surface area contributed by atoms with E-state index in [4.69, 9.17) is 5.11 Å². The number of amides is 1. The SMILES string of the molecule is CC(=O)C(=O)N[C@H]1C[C@@H](O)C1. The van der Waals surface area contributed by atoms with Crippen LogP contribution in [0, 0.1) is 0 Å². The maximum atomic E-state index is 10.7. The lowest BCUT2D eigenvalue weighted by Gasteiger charge is -2.31. The summed E-state index contributed by atoms with van der Waals surface area (Å²) in [7, 11) is 0. The Hall–Kier alpha value is -0.900. The van der Waals surface area contributed by atoms with Gasteiger partial charge in [0.1, 0.15) is 0 Å². The van der Waals surface area contributed by atoms with Crippen LogP contribution in [0.25, 0.3) is 0 Å². The highest BCUT2D eigenvalue weighted by atomic mass is 16.3. The zero-order valence-electron chi connectivity index (χ0n) is 6.33. The molecule has 0 aromatic heterocycles. The second kappa shape index (κ2) is 3.00. The number of ketones is 1. The Labute approximate surface area is 64.6 Å². The van der Waals surface area contributed by atoms with E-state index < -0.39 is 11.7 Å². The summed E-state index contributed by atoms with van der Waals surface area (Å²) in [6.07, 6.45) is 0.838. The largest absolute Gasteiger partial charge is 0.393 e. The highest BCUT2D eigenvalue weighted by molar-refractivity contribution is 6.35. The van der Waals surface area contributed by atoms with Crippen LogP contribution in [0.3, 0.4) is 0 Å². The topological polar surface area (TPSA) is 66.4 Å². The monoisotopic (exact) mass is 157 g/mol. The molecular weight excluding hydrogens is 146 g/mol. The molecule has 0 bridgehead atoms. The van der Waals surface area contributed by atoms with Crippen molar-refractivity contribution >= 4 is 11.7 Å². The maximum Gasteiger partial charge on any atom is 0.287 e. The van der Waals surface area contributed by atoms with Crippen LogP contribution in [0.4, 0.5) is 0 Å². The lowest BCUT2D eigenvalue weighted by atomic mass is 9.89. The van der Waals surface area contributed by atoms with E-state index in [2.05, 4.69) is 5.32 Å². The first kappa shape index (κ1) is 8.20. The number of rotatable bonds is 2. The van der Waals surface area contributed by atoms with Crippen LogP contribution < -0.4 is 5.32 Å². The first-order valence-electron chi connectivity index (χ1n) is 3.59. The number of carbonyl (C=O) groups excluding carboxylic acids is 2. The maximum absolute atomic E-state index is 10.7. The molecule has 1 aliphatic rings. The third kappa shape index (κ3) is 2.01. The van der Waals surface area contributed by atoms with Crippen LogP contribution in [-0.2, 0) is 9.59 Å². The summed E-state index contributed by atoms with van der Waals surface area (Å²) in [5, 5.41) is 11.3. The molecule has 0 aromatic carbocycles. The second-order valence-corrected chi connectivity index (χ2v) is 2.85. The van der Waals surface area contributed by atoms with Crippen LogP contribution >= 0.6 is 0 Å². The molecule has 4 nitrogen and oxygen atoms in total. The fraction of sp³-hybridized carbons (Fsp3) is 0.714. The van der Waals surface area contributed by atoms with Crippen molar-refractivity contribution in [3.8, 4) is 0 Å². The minimum atomic E-state index is -0.554. The Morgan fingerprint density at radius 2 is 2.00 bits per heavy atom. The molecule has 1 amide bonds. The van der Waals surface area contributed by atoms with E-state index >= 15 is 0 Å². The van der Waals surface area contributed by atoms with Gasteiger partial charge < -0.3 is 10.4 Å². The van der Waals surface area contributed by atoms with Gasteiger partial charge in [0, 0.05) is 13.0 Å². The zero-order valence-corrected chi connectivity index (χ0v) is 6.33. The number of aliphatic hydroxyl groups is 1. The highest BCUT2D eigenvalue weighted by Gasteiger charge is 2.28. The van der Waals surface area contributed by atoms with Gasteiger partial charge in [-0.2, -0.15) is 0 Å². The number of hydrogen-bond acceptors (Lipinski definition) is 3. The number of carbonyl (C=O) groups is 2. The van der Waals surface area contributed by atoms with Crippen LogP contribution in [0.2, 0.25) is 0 Å². The molecule has 1 aliphatic carbocycles. The molecule has 0 atom stereocenters. The molecule has 0 aromatic rings. The summed E-state index contributed by atoms with van der Waals surface area (Å²) in [6.45, 7) is 1.23. The average molecular weight is 157 g/mol.